The quantitative estimate of drug-likeness (QED) is 0.838. The Labute approximate surface area is 119 Å². The first-order chi connectivity index (χ1) is 9.62. The molecular formula is C12H17F3N4O2. The number of primary amides is 1. The first-order valence-electron chi connectivity index (χ1n) is 6.46. The van der Waals surface area contributed by atoms with E-state index in [9.17, 15) is 23.1 Å². The number of hydrogen-bond donors (Lipinski definition) is 2. The molecule has 0 spiro atoms. The van der Waals surface area contributed by atoms with Crippen LogP contribution in [0.25, 0.3) is 0 Å². The first-order valence-corrected chi connectivity index (χ1v) is 6.46. The van der Waals surface area contributed by atoms with Crippen LogP contribution in [-0.4, -0.2) is 44.4 Å². The first kappa shape index (κ1) is 15.8. The summed E-state index contributed by atoms with van der Waals surface area (Å²) in [4.78, 5) is 13.0. The van der Waals surface area contributed by atoms with E-state index in [4.69, 9.17) is 5.73 Å². The summed E-state index contributed by atoms with van der Waals surface area (Å²) in [5.41, 5.74) is 3.11. The van der Waals surface area contributed by atoms with E-state index in [0.717, 1.165) is 6.07 Å². The predicted octanol–water partition coefficient (Wildman–Crippen LogP) is 0.251. The van der Waals surface area contributed by atoms with Gasteiger partial charge in [0.05, 0.1) is 5.69 Å². The van der Waals surface area contributed by atoms with Gasteiger partial charge in [0.15, 0.2) is 5.69 Å². The molecule has 0 aliphatic carbocycles. The average Bonchev–Trinajstić information content (AvgIpc) is 2.74. The Morgan fingerprint density at radius 3 is 2.48 bits per heavy atom. The molecule has 0 unspecified atom stereocenters. The molecule has 1 aliphatic rings. The molecule has 9 heteroatoms. The average molecular weight is 306 g/mol. The number of amides is 1. The molecule has 3 N–H and O–H groups in total. The van der Waals surface area contributed by atoms with Gasteiger partial charge in [-0.2, -0.15) is 18.3 Å². The van der Waals surface area contributed by atoms with E-state index in [1.165, 1.54) is 11.7 Å². The van der Waals surface area contributed by atoms with Crippen molar-refractivity contribution in [2.45, 2.75) is 31.2 Å². The second kappa shape index (κ2) is 5.30. The Kier molecular flexibility index (Phi) is 3.98. The molecule has 1 aromatic heterocycles. The third kappa shape index (κ3) is 3.35. The summed E-state index contributed by atoms with van der Waals surface area (Å²) < 4.78 is 38.9. The summed E-state index contributed by atoms with van der Waals surface area (Å²) in [6, 6.07) is 1.01. The molecule has 2 heterocycles. The van der Waals surface area contributed by atoms with Crippen LogP contribution in [0.5, 0.6) is 0 Å². The zero-order chi connectivity index (χ0) is 15.8. The summed E-state index contributed by atoms with van der Waals surface area (Å²) in [6.45, 7) is 1.03. The number of aliphatic hydroxyl groups is 1. The lowest BCUT2D eigenvalue weighted by Crippen LogP contribution is -2.52. The minimum atomic E-state index is -4.47. The molecule has 0 radical (unpaired) electrons. The van der Waals surface area contributed by atoms with Crippen LogP contribution in [0.2, 0.25) is 0 Å². The molecule has 2 rings (SSSR count). The van der Waals surface area contributed by atoms with E-state index >= 15 is 0 Å². The number of nitrogens with two attached hydrogens (primary N) is 1. The summed E-state index contributed by atoms with van der Waals surface area (Å²) in [5.74, 6) is -0.762. The fraction of sp³-hybridized carbons (Fsp3) is 0.667. The molecule has 1 aliphatic heterocycles. The zero-order valence-corrected chi connectivity index (χ0v) is 11.5. The van der Waals surface area contributed by atoms with Gasteiger partial charge in [-0.3, -0.25) is 14.4 Å². The molecule has 0 atom stereocenters. The van der Waals surface area contributed by atoms with Crippen LogP contribution >= 0.6 is 0 Å². The maximum absolute atomic E-state index is 12.6. The van der Waals surface area contributed by atoms with E-state index in [1.54, 1.807) is 0 Å². The van der Waals surface area contributed by atoms with Crippen molar-refractivity contribution in [3.8, 4) is 0 Å². The highest BCUT2D eigenvalue weighted by Crippen LogP contribution is 2.29. The van der Waals surface area contributed by atoms with E-state index in [0.29, 0.717) is 18.8 Å². The molecule has 0 bridgehead atoms. The maximum atomic E-state index is 12.6. The Hall–Kier alpha value is -1.61. The fourth-order valence-electron chi connectivity index (χ4n) is 2.35. The lowest BCUT2D eigenvalue weighted by atomic mass is 9.91. The Balaban J connectivity index is 2.01. The van der Waals surface area contributed by atoms with Crippen LogP contribution in [0, 0.1) is 0 Å². The second-order valence-corrected chi connectivity index (χ2v) is 5.31. The van der Waals surface area contributed by atoms with E-state index in [1.807, 2.05) is 4.90 Å². The van der Waals surface area contributed by atoms with Gasteiger partial charge in [-0.25, -0.2) is 0 Å². The second-order valence-electron chi connectivity index (χ2n) is 5.31. The van der Waals surface area contributed by atoms with Crippen molar-refractivity contribution in [1.29, 1.82) is 0 Å². The number of alkyl halides is 3. The van der Waals surface area contributed by atoms with Crippen LogP contribution in [0.4, 0.5) is 13.2 Å². The Morgan fingerprint density at radius 1 is 1.48 bits per heavy atom. The summed E-state index contributed by atoms with van der Waals surface area (Å²) >= 11 is 0. The number of likely N-dealkylation sites (tertiary alicyclic amines) is 1. The number of nitrogens with zero attached hydrogens (tertiary/aromatic N) is 3. The summed E-state index contributed by atoms with van der Waals surface area (Å²) in [5, 5.41) is 13.4. The summed E-state index contributed by atoms with van der Waals surface area (Å²) in [6.07, 6.45) is -4.12. The van der Waals surface area contributed by atoms with Gasteiger partial charge in [-0.15, -0.1) is 0 Å². The van der Waals surface area contributed by atoms with Crippen molar-refractivity contribution in [3.05, 3.63) is 17.5 Å². The zero-order valence-electron chi connectivity index (χ0n) is 11.5. The van der Waals surface area contributed by atoms with Crippen LogP contribution in [0.1, 0.15) is 24.2 Å². The van der Waals surface area contributed by atoms with Gasteiger partial charge in [0.25, 0.3) is 0 Å². The van der Waals surface area contributed by atoms with E-state index < -0.39 is 23.4 Å². The van der Waals surface area contributed by atoms with Gasteiger partial charge < -0.3 is 10.8 Å². The molecule has 1 amide bonds. The monoisotopic (exact) mass is 306 g/mol. The molecule has 0 saturated carbocycles. The topological polar surface area (TPSA) is 84.4 Å². The Bertz CT molecular complexity index is 533. The molecule has 1 fully saturated rings. The van der Waals surface area contributed by atoms with Crippen LogP contribution in [0.3, 0.4) is 0 Å². The lowest BCUT2D eigenvalue weighted by Gasteiger charge is -2.35. The highest BCUT2D eigenvalue weighted by atomic mass is 19.4. The lowest BCUT2D eigenvalue weighted by molar-refractivity contribution is -0.142. The van der Waals surface area contributed by atoms with Crippen LogP contribution in [-0.2, 0) is 24.6 Å². The van der Waals surface area contributed by atoms with Crippen LogP contribution < -0.4 is 5.73 Å². The number of aryl methyl sites for hydroxylation is 1. The highest BCUT2D eigenvalue weighted by Gasteiger charge is 2.38. The molecule has 1 aromatic rings. The number of piperidine rings is 1. The Morgan fingerprint density at radius 2 is 2.05 bits per heavy atom. The number of halogens is 3. The normalized spacial score (nSPS) is 19.7. The number of carbonyl (C=O) groups is 1. The van der Waals surface area contributed by atoms with Gasteiger partial charge >= 0.3 is 6.18 Å². The maximum Gasteiger partial charge on any atom is 0.435 e. The van der Waals surface area contributed by atoms with Crippen molar-refractivity contribution < 1.29 is 23.1 Å². The van der Waals surface area contributed by atoms with Crippen molar-refractivity contribution in [2.75, 3.05) is 13.1 Å². The molecule has 0 aromatic carbocycles. The van der Waals surface area contributed by atoms with Gasteiger partial charge in [0.1, 0.15) is 5.60 Å². The van der Waals surface area contributed by atoms with Crippen molar-refractivity contribution >= 4 is 5.91 Å². The molecule has 1 saturated heterocycles. The molecule has 118 valence electrons. The van der Waals surface area contributed by atoms with Gasteiger partial charge in [-0.1, -0.05) is 0 Å². The van der Waals surface area contributed by atoms with Crippen LogP contribution in [0.15, 0.2) is 6.07 Å². The van der Waals surface area contributed by atoms with Gasteiger partial charge in [0, 0.05) is 26.7 Å². The smallest absolute Gasteiger partial charge is 0.380 e. The minimum absolute atomic E-state index is 0.173. The minimum Gasteiger partial charge on any atom is -0.380 e. The van der Waals surface area contributed by atoms with E-state index in [-0.39, 0.29) is 19.4 Å². The number of rotatable bonds is 3. The van der Waals surface area contributed by atoms with Gasteiger partial charge in [-0.05, 0) is 18.9 Å². The van der Waals surface area contributed by atoms with Crippen molar-refractivity contribution in [1.82, 2.24) is 14.7 Å². The molecular weight excluding hydrogens is 289 g/mol. The number of aromatic nitrogens is 2. The third-order valence-corrected chi connectivity index (χ3v) is 3.79. The van der Waals surface area contributed by atoms with E-state index in [2.05, 4.69) is 5.10 Å². The standard InChI is InChI=1S/C12H17F3N4O2/c1-18-8(6-9(17-18)12(13,14)15)7-19-4-2-11(21,3-5-19)10(16)20/h6,21H,2-5,7H2,1H3,(H2,16,20). The molecule has 21 heavy (non-hydrogen) atoms. The van der Waals surface area contributed by atoms with Gasteiger partial charge in [0.2, 0.25) is 5.91 Å². The van der Waals surface area contributed by atoms with Crippen molar-refractivity contribution in [2.24, 2.45) is 12.8 Å². The van der Waals surface area contributed by atoms with Crippen molar-refractivity contribution in [3.63, 3.8) is 0 Å². The number of carbonyl (C=O) groups excluding carboxylic acids is 1. The predicted molar refractivity (Wildman–Crippen MR) is 66.9 cm³/mol. The summed E-state index contributed by atoms with van der Waals surface area (Å²) in [7, 11) is 1.45. The SMILES string of the molecule is Cn1nc(C(F)(F)F)cc1CN1CCC(O)(C(N)=O)CC1. The highest BCUT2D eigenvalue weighted by molar-refractivity contribution is 5.83. The number of hydrogen-bond acceptors (Lipinski definition) is 4. The third-order valence-electron chi connectivity index (χ3n) is 3.79. The fourth-order valence-corrected chi connectivity index (χ4v) is 2.35. The largest absolute Gasteiger partial charge is 0.435 e. The molecule has 6 nitrogen and oxygen atoms in total.